The van der Waals surface area contributed by atoms with Gasteiger partial charge in [-0.25, -0.2) is 0 Å². The minimum absolute atomic E-state index is 0. The van der Waals surface area contributed by atoms with Gasteiger partial charge >= 0.3 is 73.6 Å². The average molecular weight is 305 g/mol. The van der Waals surface area contributed by atoms with Crippen LogP contribution in [0, 0.1) is 0 Å². The first-order valence-corrected chi connectivity index (χ1v) is 5.41. The molecule has 0 aliphatic heterocycles. The van der Waals surface area contributed by atoms with Crippen molar-refractivity contribution in [2.75, 3.05) is 0 Å². The zero-order valence-corrected chi connectivity index (χ0v) is 10.8. The quantitative estimate of drug-likeness (QED) is 0.264. The molecule has 0 saturated heterocycles. The van der Waals surface area contributed by atoms with Crippen molar-refractivity contribution in [3.05, 3.63) is 12.7 Å². The Kier molecular flexibility index (Phi) is 44.4. The van der Waals surface area contributed by atoms with Crippen LogP contribution in [-0.2, 0) is 24.7 Å². The number of halogens is 2. The van der Waals surface area contributed by atoms with Crippen LogP contribution in [-0.4, -0.2) is 11.0 Å². The van der Waals surface area contributed by atoms with E-state index in [4.69, 9.17) is 0 Å². The van der Waals surface area contributed by atoms with E-state index in [9.17, 15) is 0 Å². The molecule has 0 spiro atoms. The number of hydrogen-bond donors (Lipinski definition) is 0. The van der Waals surface area contributed by atoms with Crippen LogP contribution in [0.4, 0.5) is 0 Å². The van der Waals surface area contributed by atoms with Gasteiger partial charge in [0, 0.05) is 0 Å². The Balaban J connectivity index is -0.000000107. The summed E-state index contributed by atoms with van der Waals surface area (Å²) in [5.41, 5.74) is 0. The van der Waals surface area contributed by atoms with Crippen molar-refractivity contribution >= 4 is 11.0 Å². The number of hydrogen-bond acceptors (Lipinski definition) is 0. The molecule has 73 valence electrons. The smallest absolute Gasteiger partial charge is 0.0149 e. The van der Waals surface area contributed by atoms with E-state index in [-0.39, 0.29) is 35.8 Å². The molecule has 0 amide bonds. The second-order valence-electron chi connectivity index (χ2n) is 2.24. The van der Waals surface area contributed by atoms with E-state index in [1.807, 2.05) is 6.08 Å². The normalized spacial score (nSPS) is 7.17. The largest absolute Gasteiger partial charge is 1.00 e. The van der Waals surface area contributed by atoms with E-state index in [2.05, 4.69) is 6.58 Å². The third-order valence-corrected chi connectivity index (χ3v) is 2.20. The minimum Gasteiger partial charge on any atom is -1.00 e. The molecule has 0 atom stereocenters. The van der Waals surface area contributed by atoms with Crippen molar-refractivity contribution < 1.29 is 49.5 Å². The van der Waals surface area contributed by atoms with E-state index >= 15 is 0 Å². The Labute approximate surface area is 109 Å². The molecule has 0 aromatic carbocycles. The molecule has 0 heterocycles. The Hall–Kier alpha value is 1.42. The first-order valence-electron chi connectivity index (χ1n) is 3.67. The van der Waals surface area contributed by atoms with Gasteiger partial charge in [0.1, 0.15) is 0 Å². The third-order valence-electron chi connectivity index (χ3n) is 1.34. The van der Waals surface area contributed by atoms with Gasteiger partial charge in [0.25, 0.3) is 0 Å². The molecular weight excluding hydrogens is 286 g/mol. The summed E-state index contributed by atoms with van der Waals surface area (Å²) in [6, 6.07) is 0. The molecule has 0 radical (unpaired) electrons. The molecule has 0 aromatic rings. The summed E-state index contributed by atoms with van der Waals surface area (Å²) < 4.78 is 1.43. The molecule has 12 heavy (non-hydrogen) atoms. The summed E-state index contributed by atoms with van der Waals surface area (Å²) in [6.45, 7) is 3.68. The predicted octanol–water partition coefficient (Wildman–Crippen LogP) is -4.36. The van der Waals surface area contributed by atoms with Crippen molar-refractivity contribution in [2.45, 2.75) is 36.2 Å². The standard InChI is InChI=1S/C8H15.2ClH.H4Si.Zr/c1-3-5-7-8-6-4-2;;;;/h3H,1-2,4-8H2;2*1H;1H4;/q;;;;+2/p-2. The van der Waals surface area contributed by atoms with Gasteiger partial charge in [-0.05, 0) is 11.0 Å². The average Bonchev–Trinajstić information content (AvgIpc) is 1.89. The maximum atomic E-state index is 3.68. The van der Waals surface area contributed by atoms with Crippen molar-refractivity contribution in [3.8, 4) is 0 Å². The van der Waals surface area contributed by atoms with E-state index in [0.717, 1.165) is 0 Å². The van der Waals surface area contributed by atoms with Crippen LogP contribution >= 0.6 is 0 Å². The molecule has 0 unspecified atom stereocenters. The van der Waals surface area contributed by atoms with Crippen LogP contribution < -0.4 is 24.8 Å². The molecule has 0 aliphatic rings. The van der Waals surface area contributed by atoms with E-state index in [1.54, 1.807) is 24.7 Å². The Morgan fingerprint density at radius 2 is 1.50 bits per heavy atom. The van der Waals surface area contributed by atoms with Crippen LogP contribution in [0.25, 0.3) is 0 Å². The first-order chi connectivity index (χ1) is 4.41. The van der Waals surface area contributed by atoms with Gasteiger partial charge in [0.15, 0.2) is 0 Å². The molecule has 4 heteroatoms. The maximum absolute atomic E-state index is 3.68. The summed E-state index contributed by atoms with van der Waals surface area (Å²) in [5.74, 6) is 0. The fraction of sp³-hybridized carbons (Fsp3) is 0.750. The van der Waals surface area contributed by atoms with Gasteiger partial charge in [0.05, 0.1) is 0 Å². The topological polar surface area (TPSA) is 0 Å². The first kappa shape index (κ1) is 23.3. The van der Waals surface area contributed by atoms with Crippen molar-refractivity contribution in [1.82, 2.24) is 0 Å². The Bertz CT molecular complexity index is 72.1. The zero-order chi connectivity index (χ0) is 6.95. The van der Waals surface area contributed by atoms with Gasteiger partial charge in [-0.1, -0.05) is 0 Å². The Morgan fingerprint density at radius 1 is 1.00 bits per heavy atom. The second-order valence-corrected chi connectivity index (χ2v) is 3.47. The van der Waals surface area contributed by atoms with Gasteiger partial charge < -0.3 is 24.8 Å². The molecular formula is C8H19Cl2SiZr. The fourth-order valence-electron chi connectivity index (χ4n) is 0.767. The molecule has 0 aliphatic carbocycles. The number of allylic oxidation sites excluding steroid dienone is 1. The molecule has 0 rings (SSSR count). The van der Waals surface area contributed by atoms with Crippen LogP contribution in [0.1, 0.15) is 32.1 Å². The zero-order valence-electron chi connectivity index (χ0n) is 6.78. The van der Waals surface area contributed by atoms with Crippen LogP contribution in [0.15, 0.2) is 12.7 Å². The third kappa shape index (κ3) is 22.5. The van der Waals surface area contributed by atoms with Crippen LogP contribution in [0.5, 0.6) is 0 Å². The van der Waals surface area contributed by atoms with Gasteiger partial charge in [-0.15, -0.1) is 0 Å². The molecule has 0 fully saturated rings. The fourth-order valence-corrected chi connectivity index (χ4v) is 1.38. The summed E-state index contributed by atoms with van der Waals surface area (Å²) in [4.78, 5) is 0. The molecule has 0 aromatic heterocycles. The summed E-state index contributed by atoms with van der Waals surface area (Å²) in [5, 5.41) is 0. The molecule has 0 nitrogen and oxygen atoms in total. The van der Waals surface area contributed by atoms with Crippen molar-refractivity contribution in [3.63, 3.8) is 0 Å². The van der Waals surface area contributed by atoms with Crippen LogP contribution in [0.2, 0.25) is 4.13 Å². The van der Waals surface area contributed by atoms with Gasteiger partial charge in [-0.2, -0.15) is 0 Å². The van der Waals surface area contributed by atoms with Gasteiger partial charge in [-0.3, -0.25) is 0 Å². The Morgan fingerprint density at radius 3 is 1.92 bits per heavy atom. The SMILES string of the molecule is C=CCCCCC[CH2][Zr+2].[Cl-].[Cl-].[SiH4]. The van der Waals surface area contributed by atoms with Crippen molar-refractivity contribution in [1.29, 1.82) is 0 Å². The summed E-state index contributed by atoms with van der Waals surface area (Å²) in [7, 11) is 0. The molecule has 0 bridgehead atoms. The van der Waals surface area contributed by atoms with Crippen molar-refractivity contribution in [2.24, 2.45) is 0 Å². The number of unbranched alkanes of at least 4 members (excludes halogenated alkanes) is 4. The summed E-state index contributed by atoms with van der Waals surface area (Å²) >= 11 is 1.69. The molecule has 0 N–H and O–H groups in total. The van der Waals surface area contributed by atoms with Gasteiger partial charge in [0.2, 0.25) is 0 Å². The monoisotopic (exact) mass is 303 g/mol. The van der Waals surface area contributed by atoms with E-state index in [0.29, 0.717) is 0 Å². The van der Waals surface area contributed by atoms with E-state index < -0.39 is 0 Å². The second kappa shape index (κ2) is 22.8. The predicted molar refractivity (Wildman–Crippen MR) is 49.4 cm³/mol. The minimum atomic E-state index is 0. The van der Waals surface area contributed by atoms with E-state index in [1.165, 1.54) is 36.2 Å². The number of rotatable bonds is 6. The maximum Gasteiger partial charge on any atom is -0.0149 e. The summed E-state index contributed by atoms with van der Waals surface area (Å²) in [6.07, 6.45) is 8.84. The molecule has 0 saturated carbocycles. The van der Waals surface area contributed by atoms with Crippen LogP contribution in [0.3, 0.4) is 0 Å².